The largest absolute Gasteiger partial charge is 0.497 e. The number of aryl methyl sites for hydroxylation is 2. The Kier molecular flexibility index (Phi) is 3.29. The lowest BCUT2D eigenvalue weighted by atomic mass is 10.1. The molecule has 0 saturated carbocycles. The van der Waals surface area contributed by atoms with E-state index in [0.717, 1.165) is 34.7 Å². The Hall–Kier alpha value is -2.49. The lowest BCUT2D eigenvalue weighted by molar-refractivity contribution is 0.415. The van der Waals surface area contributed by atoms with Crippen LogP contribution in [0.2, 0.25) is 0 Å². The number of benzene rings is 2. The molecule has 0 bridgehead atoms. The number of fused-ring (bicyclic) bond motifs is 1. The summed E-state index contributed by atoms with van der Waals surface area (Å²) in [4.78, 5) is 4.77. The minimum Gasteiger partial charge on any atom is -0.497 e. The number of hydrogen-bond acceptors (Lipinski definition) is 3. The zero-order chi connectivity index (χ0) is 15.0. The number of methoxy groups -OCH3 is 1. The Balaban J connectivity index is 2.24. The molecule has 0 fully saturated rings. The number of hydrogen-bond donors (Lipinski definition) is 1. The summed E-state index contributed by atoms with van der Waals surface area (Å²) < 4.78 is 7.40. The van der Waals surface area contributed by atoms with Gasteiger partial charge in [0.15, 0.2) is 0 Å². The van der Waals surface area contributed by atoms with Gasteiger partial charge in [-0.05, 0) is 43.7 Å². The van der Waals surface area contributed by atoms with Crippen LogP contribution in [0.15, 0.2) is 36.4 Å². The monoisotopic (exact) mass is 281 g/mol. The maximum Gasteiger partial charge on any atom is 0.143 e. The Bertz CT molecular complexity index is 805. The average molecular weight is 281 g/mol. The minimum atomic E-state index is 0.677. The zero-order valence-electron chi connectivity index (χ0n) is 12.6. The van der Waals surface area contributed by atoms with E-state index in [1.807, 2.05) is 18.2 Å². The first kappa shape index (κ1) is 13.5. The van der Waals surface area contributed by atoms with Crippen molar-refractivity contribution < 1.29 is 4.74 Å². The van der Waals surface area contributed by atoms with E-state index in [-0.39, 0.29) is 0 Å². The molecule has 3 rings (SSSR count). The van der Waals surface area contributed by atoms with Crippen LogP contribution in [0.25, 0.3) is 22.4 Å². The number of nitrogens with two attached hydrogens (primary N) is 1. The van der Waals surface area contributed by atoms with Crippen molar-refractivity contribution in [2.75, 3.05) is 12.8 Å². The number of nitrogens with zero attached hydrogens (tertiary/aromatic N) is 2. The van der Waals surface area contributed by atoms with Crippen molar-refractivity contribution >= 4 is 16.7 Å². The van der Waals surface area contributed by atoms with Crippen LogP contribution in [-0.2, 0) is 6.54 Å². The standard InChI is InChI=1S/C17H19N3O/c1-4-20-16-8-5-11(2)9-15(16)19-17(20)13-7-6-12(21-3)10-14(13)18/h5-10H,4,18H2,1-3H3. The molecule has 21 heavy (non-hydrogen) atoms. The fourth-order valence-electron chi connectivity index (χ4n) is 2.64. The van der Waals surface area contributed by atoms with Crippen LogP contribution in [0.5, 0.6) is 5.75 Å². The highest BCUT2D eigenvalue weighted by Crippen LogP contribution is 2.31. The molecule has 0 unspecified atom stereocenters. The van der Waals surface area contributed by atoms with Crippen LogP contribution in [0, 0.1) is 6.92 Å². The van der Waals surface area contributed by atoms with Gasteiger partial charge in [0.25, 0.3) is 0 Å². The van der Waals surface area contributed by atoms with Gasteiger partial charge in [-0.1, -0.05) is 6.07 Å². The summed E-state index contributed by atoms with van der Waals surface area (Å²) in [5.74, 6) is 1.66. The molecular formula is C17H19N3O. The molecule has 0 atom stereocenters. The van der Waals surface area contributed by atoms with Crippen molar-refractivity contribution in [3.8, 4) is 17.1 Å². The van der Waals surface area contributed by atoms with Crippen LogP contribution in [0.1, 0.15) is 12.5 Å². The van der Waals surface area contributed by atoms with Crippen molar-refractivity contribution in [1.29, 1.82) is 0 Å². The fraction of sp³-hybridized carbons (Fsp3) is 0.235. The van der Waals surface area contributed by atoms with E-state index in [2.05, 4.69) is 36.6 Å². The van der Waals surface area contributed by atoms with E-state index >= 15 is 0 Å². The molecular weight excluding hydrogens is 262 g/mol. The summed E-state index contributed by atoms with van der Waals surface area (Å²) in [6.45, 7) is 5.04. The van der Waals surface area contributed by atoms with Crippen LogP contribution < -0.4 is 10.5 Å². The predicted molar refractivity (Wildman–Crippen MR) is 86.5 cm³/mol. The van der Waals surface area contributed by atoms with E-state index in [1.165, 1.54) is 5.56 Å². The normalized spacial score (nSPS) is 11.0. The number of aromatic nitrogens is 2. The second-order valence-electron chi connectivity index (χ2n) is 5.13. The predicted octanol–water partition coefficient (Wildman–Crippen LogP) is 3.62. The summed E-state index contributed by atoms with van der Waals surface area (Å²) in [7, 11) is 1.64. The maximum atomic E-state index is 6.17. The molecule has 0 spiro atoms. The van der Waals surface area contributed by atoms with Crippen LogP contribution in [0.3, 0.4) is 0 Å². The fourth-order valence-corrected chi connectivity index (χ4v) is 2.64. The van der Waals surface area contributed by atoms with E-state index in [9.17, 15) is 0 Å². The van der Waals surface area contributed by atoms with Crippen LogP contribution in [0.4, 0.5) is 5.69 Å². The van der Waals surface area contributed by atoms with Gasteiger partial charge in [-0.15, -0.1) is 0 Å². The highest BCUT2D eigenvalue weighted by atomic mass is 16.5. The number of imidazole rings is 1. The lowest BCUT2D eigenvalue weighted by Gasteiger charge is -2.10. The Labute approximate surface area is 124 Å². The number of ether oxygens (including phenoxy) is 1. The second kappa shape index (κ2) is 5.13. The Morgan fingerprint density at radius 3 is 2.67 bits per heavy atom. The Morgan fingerprint density at radius 1 is 1.19 bits per heavy atom. The highest BCUT2D eigenvalue weighted by molar-refractivity contribution is 5.84. The van der Waals surface area contributed by atoms with Gasteiger partial charge in [0.2, 0.25) is 0 Å². The summed E-state index contributed by atoms with van der Waals surface area (Å²) in [5, 5.41) is 0. The first-order valence-electron chi connectivity index (χ1n) is 7.04. The molecule has 4 nitrogen and oxygen atoms in total. The molecule has 0 radical (unpaired) electrons. The molecule has 0 aliphatic carbocycles. The van der Waals surface area contributed by atoms with Gasteiger partial charge in [-0.25, -0.2) is 4.98 Å². The van der Waals surface area contributed by atoms with Gasteiger partial charge in [0, 0.05) is 23.9 Å². The molecule has 108 valence electrons. The highest BCUT2D eigenvalue weighted by Gasteiger charge is 2.14. The van der Waals surface area contributed by atoms with Gasteiger partial charge in [-0.3, -0.25) is 0 Å². The summed E-state index contributed by atoms with van der Waals surface area (Å²) in [5.41, 5.74) is 11.1. The molecule has 0 aliphatic heterocycles. The molecule has 0 saturated heterocycles. The third-order valence-electron chi connectivity index (χ3n) is 3.72. The van der Waals surface area contributed by atoms with E-state index < -0.39 is 0 Å². The van der Waals surface area contributed by atoms with Gasteiger partial charge in [-0.2, -0.15) is 0 Å². The minimum absolute atomic E-state index is 0.677. The van der Waals surface area contributed by atoms with Crippen molar-refractivity contribution in [2.45, 2.75) is 20.4 Å². The van der Waals surface area contributed by atoms with Crippen LogP contribution >= 0.6 is 0 Å². The lowest BCUT2D eigenvalue weighted by Crippen LogP contribution is -2.00. The van der Waals surface area contributed by atoms with Gasteiger partial charge >= 0.3 is 0 Å². The van der Waals surface area contributed by atoms with Gasteiger partial charge < -0.3 is 15.0 Å². The molecule has 1 aromatic heterocycles. The van der Waals surface area contributed by atoms with Crippen molar-refractivity contribution in [1.82, 2.24) is 9.55 Å². The van der Waals surface area contributed by atoms with Crippen molar-refractivity contribution in [3.63, 3.8) is 0 Å². The number of rotatable bonds is 3. The third-order valence-corrected chi connectivity index (χ3v) is 3.72. The van der Waals surface area contributed by atoms with Crippen molar-refractivity contribution in [3.05, 3.63) is 42.0 Å². The van der Waals surface area contributed by atoms with E-state index in [1.54, 1.807) is 7.11 Å². The summed E-state index contributed by atoms with van der Waals surface area (Å²) in [6.07, 6.45) is 0. The van der Waals surface area contributed by atoms with Crippen molar-refractivity contribution in [2.24, 2.45) is 0 Å². The quantitative estimate of drug-likeness (QED) is 0.746. The smallest absolute Gasteiger partial charge is 0.143 e. The van der Waals surface area contributed by atoms with Gasteiger partial charge in [0.1, 0.15) is 11.6 Å². The molecule has 4 heteroatoms. The van der Waals surface area contributed by atoms with E-state index in [4.69, 9.17) is 15.5 Å². The maximum absolute atomic E-state index is 6.17. The molecule has 2 aromatic carbocycles. The molecule has 0 amide bonds. The number of anilines is 1. The zero-order valence-corrected chi connectivity index (χ0v) is 12.6. The topological polar surface area (TPSA) is 53.1 Å². The van der Waals surface area contributed by atoms with Gasteiger partial charge in [0.05, 0.1) is 18.1 Å². The SMILES string of the molecule is CCn1c(-c2ccc(OC)cc2N)nc2cc(C)ccc21. The second-order valence-corrected chi connectivity index (χ2v) is 5.13. The molecule has 3 aromatic rings. The Morgan fingerprint density at radius 2 is 2.00 bits per heavy atom. The third kappa shape index (κ3) is 2.23. The first-order valence-corrected chi connectivity index (χ1v) is 7.04. The average Bonchev–Trinajstić information content (AvgIpc) is 2.84. The molecule has 2 N–H and O–H groups in total. The summed E-state index contributed by atoms with van der Waals surface area (Å²) >= 11 is 0. The molecule has 0 aliphatic rings. The summed E-state index contributed by atoms with van der Waals surface area (Å²) in [6, 6.07) is 12.0. The first-order chi connectivity index (χ1) is 10.1. The number of nitrogen functional groups attached to an aromatic ring is 1. The van der Waals surface area contributed by atoms with E-state index in [0.29, 0.717) is 5.69 Å². The molecule has 1 heterocycles. The van der Waals surface area contributed by atoms with Crippen LogP contribution in [-0.4, -0.2) is 16.7 Å².